The number of nitrogens with one attached hydrogen (secondary N) is 1. The monoisotopic (exact) mass is 323 g/mol. The van der Waals surface area contributed by atoms with Gasteiger partial charge in [-0.1, -0.05) is 42.6 Å². The number of ether oxygens (including phenoxy) is 1. The van der Waals surface area contributed by atoms with Crippen LogP contribution in [0.3, 0.4) is 0 Å². The molecule has 0 saturated carbocycles. The van der Waals surface area contributed by atoms with Crippen molar-refractivity contribution in [2.45, 2.75) is 26.3 Å². The van der Waals surface area contributed by atoms with Gasteiger partial charge in [-0.15, -0.1) is 0 Å². The molecule has 0 atom stereocenters. The average Bonchev–Trinajstić information content (AvgIpc) is 2.48. The number of unbranched alkanes of at least 4 members (excludes halogenated alkanes) is 1. The highest BCUT2D eigenvalue weighted by Gasteiger charge is 2.01. The summed E-state index contributed by atoms with van der Waals surface area (Å²) in [6.07, 6.45) is 2.22. The summed E-state index contributed by atoms with van der Waals surface area (Å²) in [7, 11) is 0. The zero-order chi connectivity index (χ0) is 15.1. The lowest BCUT2D eigenvalue weighted by molar-refractivity contribution is 0.309. The first-order valence-electron chi connectivity index (χ1n) is 7.09. The minimum absolute atomic E-state index is 0.650. The molecular weight excluding hydrogens is 305 g/mol. The number of benzene rings is 2. The molecule has 0 saturated heterocycles. The van der Waals surface area contributed by atoms with Crippen LogP contribution < -0.4 is 10.1 Å². The highest BCUT2D eigenvalue weighted by molar-refractivity contribution is 6.35. The van der Waals surface area contributed by atoms with Gasteiger partial charge < -0.3 is 10.1 Å². The van der Waals surface area contributed by atoms with E-state index in [1.54, 1.807) is 6.07 Å². The zero-order valence-electron chi connectivity index (χ0n) is 12.0. The van der Waals surface area contributed by atoms with Gasteiger partial charge >= 0.3 is 0 Å². The third kappa shape index (κ3) is 5.14. The topological polar surface area (TPSA) is 21.3 Å². The van der Waals surface area contributed by atoms with E-state index < -0.39 is 0 Å². The van der Waals surface area contributed by atoms with Gasteiger partial charge in [0, 0.05) is 22.3 Å². The number of halogens is 2. The maximum absolute atomic E-state index is 6.15. The van der Waals surface area contributed by atoms with E-state index in [9.17, 15) is 0 Å². The Kier molecular flexibility index (Phi) is 6.21. The fourth-order valence-corrected chi connectivity index (χ4v) is 2.34. The Balaban J connectivity index is 1.88. The molecule has 0 aliphatic heterocycles. The first kappa shape index (κ1) is 16.0. The molecule has 0 unspecified atom stereocenters. The molecular formula is C17H19Cl2NO. The Morgan fingerprint density at radius 2 is 1.81 bits per heavy atom. The number of rotatable bonds is 7. The van der Waals surface area contributed by atoms with E-state index in [1.807, 2.05) is 36.4 Å². The molecule has 2 aromatic rings. The van der Waals surface area contributed by atoms with Gasteiger partial charge in [0.05, 0.1) is 6.61 Å². The molecule has 0 aliphatic carbocycles. The average molecular weight is 324 g/mol. The molecule has 0 aliphatic rings. The SMILES string of the molecule is CCCCOc1ccc(NCc2ccc(Cl)cc2Cl)cc1. The van der Waals surface area contributed by atoms with E-state index in [4.69, 9.17) is 27.9 Å². The van der Waals surface area contributed by atoms with E-state index in [1.165, 1.54) is 0 Å². The van der Waals surface area contributed by atoms with Crippen molar-refractivity contribution >= 4 is 28.9 Å². The molecule has 112 valence electrons. The van der Waals surface area contributed by atoms with Crippen molar-refractivity contribution < 1.29 is 4.74 Å². The fraction of sp³-hybridized carbons (Fsp3) is 0.294. The quantitative estimate of drug-likeness (QED) is 0.651. The van der Waals surface area contributed by atoms with Gasteiger partial charge in [0.15, 0.2) is 0 Å². The van der Waals surface area contributed by atoms with Crippen molar-refractivity contribution in [2.75, 3.05) is 11.9 Å². The lowest BCUT2D eigenvalue weighted by atomic mass is 10.2. The summed E-state index contributed by atoms with van der Waals surface area (Å²) in [6, 6.07) is 13.5. The molecule has 0 heterocycles. The van der Waals surface area contributed by atoms with Crippen molar-refractivity contribution in [1.82, 2.24) is 0 Å². The van der Waals surface area contributed by atoms with Crippen LogP contribution in [0.25, 0.3) is 0 Å². The van der Waals surface area contributed by atoms with Crippen molar-refractivity contribution in [3.8, 4) is 5.75 Å². The number of anilines is 1. The van der Waals surface area contributed by atoms with Crippen LogP contribution in [0.15, 0.2) is 42.5 Å². The van der Waals surface area contributed by atoms with E-state index in [0.29, 0.717) is 16.6 Å². The van der Waals surface area contributed by atoms with E-state index in [0.717, 1.165) is 36.4 Å². The van der Waals surface area contributed by atoms with Crippen LogP contribution in [-0.2, 0) is 6.54 Å². The Labute approximate surface area is 136 Å². The van der Waals surface area contributed by atoms with Gasteiger partial charge in [-0.3, -0.25) is 0 Å². The van der Waals surface area contributed by atoms with Crippen molar-refractivity contribution in [3.63, 3.8) is 0 Å². The fourth-order valence-electron chi connectivity index (χ4n) is 1.87. The molecule has 2 nitrogen and oxygen atoms in total. The molecule has 21 heavy (non-hydrogen) atoms. The molecule has 2 rings (SSSR count). The molecule has 4 heteroatoms. The number of hydrogen-bond donors (Lipinski definition) is 1. The van der Waals surface area contributed by atoms with Crippen LogP contribution in [0.5, 0.6) is 5.75 Å². The van der Waals surface area contributed by atoms with Crippen molar-refractivity contribution in [1.29, 1.82) is 0 Å². The summed E-state index contributed by atoms with van der Waals surface area (Å²) >= 11 is 12.0. The van der Waals surface area contributed by atoms with Crippen LogP contribution >= 0.6 is 23.2 Å². The second-order valence-corrected chi connectivity index (χ2v) is 5.66. The first-order chi connectivity index (χ1) is 10.2. The van der Waals surface area contributed by atoms with Gasteiger partial charge in [0.25, 0.3) is 0 Å². The highest BCUT2D eigenvalue weighted by Crippen LogP contribution is 2.22. The minimum Gasteiger partial charge on any atom is -0.494 e. The molecule has 1 N–H and O–H groups in total. The van der Waals surface area contributed by atoms with Crippen LogP contribution in [-0.4, -0.2) is 6.61 Å². The molecule has 2 aromatic carbocycles. The van der Waals surface area contributed by atoms with Gasteiger partial charge in [-0.05, 0) is 48.4 Å². The number of hydrogen-bond acceptors (Lipinski definition) is 2. The summed E-state index contributed by atoms with van der Waals surface area (Å²) in [5, 5.41) is 4.66. The Bertz CT molecular complexity index is 570. The zero-order valence-corrected chi connectivity index (χ0v) is 13.5. The molecule has 0 spiro atoms. The van der Waals surface area contributed by atoms with Crippen LogP contribution in [0.1, 0.15) is 25.3 Å². The first-order valence-corrected chi connectivity index (χ1v) is 7.85. The lowest BCUT2D eigenvalue weighted by Crippen LogP contribution is -2.00. The lowest BCUT2D eigenvalue weighted by Gasteiger charge is -2.10. The van der Waals surface area contributed by atoms with E-state index in [2.05, 4.69) is 12.2 Å². The summed E-state index contributed by atoms with van der Waals surface area (Å²) in [6.45, 7) is 3.58. The van der Waals surface area contributed by atoms with Crippen LogP contribution in [0, 0.1) is 0 Å². The second-order valence-electron chi connectivity index (χ2n) is 4.82. The summed E-state index contributed by atoms with van der Waals surface area (Å²) < 4.78 is 5.63. The summed E-state index contributed by atoms with van der Waals surface area (Å²) in [5.41, 5.74) is 2.05. The third-order valence-electron chi connectivity index (χ3n) is 3.12. The predicted molar refractivity (Wildman–Crippen MR) is 90.6 cm³/mol. The largest absolute Gasteiger partial charge is 0.494 e. The molecule has 0 bridgehead atoms. The van der Waals surface area contributed by atoms with Crippen molar-refractivity contribution in [2.24, 2.45) is 0 Å². The maximum atomic E-state index is 6.15. The molecule has 0 fully saturated rings. The summed E-state index contributed by atoms with van der Waals surface area (Å²) in [4.78, 5) is 0. The normalized spacial score (nSPS) is 10.4. The Morgan fingerprint density at radius 3 is 2.48 bits per heavy atom. The summed E-state index contributed by atoms with van der Waals surface area (Å²) in [5.74, 6) is 0.901. The predicted octanol–water partition coefficient (Wildman–Crippen LogP) is 5.78. The van der Waals surface area contributed by atoms with Gasteiger partial charge in [0.1, 0.15) is 5.75 Å². The maximum Gasteiger partial charge on any atom is 0.119 e. The second kappa shape index (κ2) is 8.16. The smallest absolute Gasteiger partial charge is 0.119 e. The van der Waals surface area contributed by atoms with E-state index in [-0.39, 0.29) is 0 Å². The Hall–Kier alpha value is -1.38. The van der Waals surface area contributed by atoms with Gasteiger partial charge in [-0.25, -0.2) is 0 Å². The molecule has 0 aromatic heterocycles. The van der Waals surface area contributed by atoms with Crippen molar-refractivity contribution in [3.05, 3.63) is 58.1 Å². The molecule has 0 radical (unpaired) electrons. The molecule has 0 amide bonds. The Morgan fingerprint density at radius 1 is 1.05 bits per heavy atom. The minimum atomic E-state index is 0.650. The standard InChI is InChI=1S/C17H19Cl2NO/c1-2-3-10-21-16-8-6-15(7-9-16)20-12-13-4-5-14(18)11-17(13)19/h4-9,11,20H,2-3,10,12H2,1H3. The van der Waals surface area contributed by atoms with Gasteiger partial charge in [-0.2, -0.15) is 0 Å². The van der Waals surface area contributed by atoms with Crippen LogP contribution in [0.2, 0.25) is 10.0 Å². The van der Waals surface area contributed by atoms with Crippen LogP contribution in [0.4, 0.5) is 5.69 Å². The highest BCUT2D eigenvalue weighted by atomic mass is 35.5. The van der Waals surface area contributed by atoms with Gasteiger partial charge in [0.2, 0.25) is 0 Å². The third-order valence-corrected chi connectivity index (χ3v) is 3.71. The van der Waals surface area contributed by atoms with E-state index >= 15 is 0 Å².